The zero-order chi connectivity index (χ0) is 15.8. The average molecular weight is 309 g/mol. The second-order valence-electron chi connectivity index (χ2n) is 6.28. The summed E-state index contributed by atoms with van der Waals surface area (Å²) in [5.74, 6) is 1.07. The number of phenolic OH excluding ortho intramolecular Hbond substituents is 1. The summed E-state index contributed by atoms with van der Waals surface area (Å²) in [5, 5.41) is 12.9. The fourth-order valence-corrected chi connectivity index (χ4v) is 2.94. The van der Waals surface area contributed by atoms with E-state index < -0.39 is 0 Å². The lowest BCUT2D eigenvalue weighted by Gasteiger charge is -2.29. The number of rotatable bonds is 3. The van der Waals surface area contributed by atoms with Crippen LogP contribution in [-0.2, 0) is 13.0 Å². The minimum Gasteiger partial charge on any atom is -0.508 e. The van der Waals surface area contributed by atoms with Crippen LogP contribution in [0, 0.1) is 0 Å². The number of benzene rings is 1. The van der Waals surface area contributed by atoms with Gasteiger partial charge in [-0.15, -0.1) is 0 Å². The maximum atomic E-state index is 12.6. The minimum absolute atomic E-state index is 0.00975. The van der Waals surface area contributed by atoms with Crippen LogP contribution in [0.25, 0.3) is 0 Å². The highest BCUT2D eigenvalue weighted by molar-refractivity contribution is 5.94. The number of amides is 1. The molecule has 1 aliphatic heterocycles. The van der Waals surface area contributed by atoms with Gasteiger partial charge in [-0.2, -0.15) is 0 Å². The van der Waals surface area contributed by atoms with Crippen LogP contribution in [0.4, 0.5) is 5.82 Å². The summed E-state index contributed by atoms with van der Waals surface area (Å²) < 4.78 is 0. The summed E-state index contributed by atoms with van der Waals surface area (Å²) in [6.45, 7) is 1.23. The summed E-state index contributed by atoms with van der Waals surface area (Å²) >= 11 is 0. The van der Waals surface area contributed by atoms with Gasteiger partial charge in [0.1, 0.15) is 11.6 Å². The Morgan fingerprint density at radius 1 is 1.22 bits per heavy atom. The van der Waals surface area contributed by atoms with Crippen molar-refractivity contribution in [2.45, 2.75) is 31.8 Å². The highest BCUT2D eigenvalue weighted by Gasteiger charge is 2.23. The van der Waals surface area contributed by atoms with Crippen LogP contribution in [0.5, 0.6) is 5.75 Å². The maximum Gasteiger partial charge on any atom is 0.255 e. The van der Waals surface area contributed by atoms with E-state index >= 15 is 0 Å². The number of nitrogens with zero attached hydrogens (tertiary/aromatic N) is 2. The first kappa shape index (κ1) is 14.1. The van der Waals surface area contributed by atoms with Crippen molar-refractivity contribution in [1.82, 2.24) is 9.88 Å². The molecule has 2 aromatic rings. The Balaban J connectivity index is 1.48. The van der Waals surface area contributed by atoms with Crippen LogP contribution in [0.15, 0.2) is 36.5 Å². The molecule has 1 aromatic carbocycles. The van der Waals surface area contributed by atoms with Crippen molar-refractivity contribution in [3.63, 3.8) is 0 Å². The van der Waals surface area contributed by atoms with E-state index in [9.17, 15) is 9.90 Å². The van der Waals surface area contributed by atoms with Crippen molar-refractivity contribution >= 4 is 11.7 Å². The Bertz CT molecular complexity index is 738. The van der Waals surface area contributed by atoms with Crippen LogP contribution >= 0.6 is 0 Å². The lowest BCUT2D eigenvalue weighted by atomic mass is 9.99. The quantitative estimate of drug-likeness (QED) is 0.914. The number of carbonyl (C=O) groups is 1. The van der Waals surface area contributed by atoms with Gasteiger partial charge in [-0.05, 0) is 54.7 Å². The van der Waals surface area contributed by atoms with E-state index in [0.717, 1.165) is 17.8 Å². The number of hydrogen-bond donors (Lipinski definition) is 2. The molecule has 0 saturated heterocycles. The molecular formula is C18H19N3O2. The molecule has 118 valence electrons. The minimum atomic E-state index is -0.00975. The topological polar surface area (TPSA) is 65.5 Å². The Labute approximate surface area is 135 Å². The Morgan fingerprint density at radius 3 is 2.83 bits per heavy atom. The van der Waals surface area contributed by atoms with Crippen molar-refractivity contribution in [2.75, 3.05) is 11.9 Å². The van der Waals surface area contributed by atoms with E-state index in [1.165, 1.54) is 18.4 Å². The van der Waals surface area contributed by atoms with Crippen LogP contribution in [-0.4, -0.2) is 33.5 Å². The standard InChI is InChI=1S/C18H19N3O2/c22-16-5-1-12-7-8-21(11-14(12)9-16)18(23)13-2-6-17(19-10-13)20-15-3-4-15/h1-2,5-6,9-10,15,22H,3-4,7-8,11H2,(H,19,20). The molecule has 4 rings (SSSR count). The number of carbonyl (C=O) groups excluding carboxylic acids is 1. The van der Waals surface area contributed by atoms with Gasteiger partial charge in [0.05, 0.1) is 5.56 Å². The van der Waals surface area contributed by atoms with Crippen molar-refractivity contribution in [3.8, 4) is 5.75 Å². The molecular weight excluding hydrogens is 290 g/mol. The first-order chi connectivity index (χ1) is 11.2. The number of nitrogens with one attached hydrogen (secondary N) is 1. The van der Waals surface area contributed by atoms with Gasteiger partial charge in [-0.3, -0.25) is 4.79 Å². The van der Waals surface area contributed by atoms with Gasteiger partial charge < -0.3 is 15.3 Å². The van der Waals surface area contributed by atoms with Crippen LogP contribution in [0.3, 0.4) is 0 Å². The molecule has 2 N–H and O–H groups in total. The average Bonchev–Trinajstić information content (AvgIpc) is 3.38. The molecule has 5 nitrogen and oxygen atoms in total. The normalized spacial score (nSPS) is 16.8. The number of anilines is 1. The van der Waals surface area contributed by atoms with Gasteiger partial charge in [-0.1, -0.05) is 6.07 Å². The van der Waals surface area contributed by atoms with Crippen molar-refractivity contribution < 1.29 is 9.90 Å². The number of hydrogen-bond acceptors (Lipinski definition) is 4. The molecule has 1 saturated carbocycles. The lowest BCUT2D eigenvalue weighted by Crippen LogP contribution is -2.36. The molecule has 0 unspecified atom stereocenters. The highest BCUT2D eigenvalue weighted by Crippen LogP contribution is 2.25. The number of aromatic hydroxyl groups is 1. The zero-order valence-electron chi connectivity index (χ0n) is 12.8. The predicted octanol–water partition coefficient (Wildman–Crippen LogP) is 2.56. The van der Waals surface area contributed by atoms with Crippen molar-refractivity contribution in [2.24, 2.45) is 0 Å². The van der Waals surface area contributed by atoms with Gasteiger partial charge in [0.15, 0.2) is 0 Å². The first-order valence-corrected chi connectivity index (χ1v) is 8.02. The predicted molar refractivity (Wildman–Crippen MR) is 87.4 cm³/mol. The highest BCUT2D eigenvalue weighted by atomic mass is 16.3. The molecule has 1 amide bonds. The molecule has 2 heterocycles. The monoisotopic (exact) mass is 309 g/mol. The van der Waals surface area contributed by atoms with Crippen LogP contribution in [0.1, 0.15) is 34.3 Å². The summed E-state index contributed by atoms with van der Waals surface area (Å²) in [6.07, 6.45) is 4.85. The summed E-state index contributed by atoms with van der Waals surface area (Å²) in [4.78, 5) is 18.8. The van der Waals surface area contributed by atoms with E-state index in [4.69, 9.17) is 0 Å². The number of aromatic nitrogens is 1. The van der Waals surface area contributed by atoms with Gasteiger partial charge in [0.2, 0.25) is 0 Å². The molecule has 1 aliphatic carbocycles. The molecule has 0 bridgehead atoms. The fraction of sp³-hybridized carbons (Fsp3) is 0.333. The van der Waals surface area contributed by atoms with Crippen molar-refractivity contribution in [1.29, 1.82) is 0 Å². The summed E-state index contributed by atoms with van der Waals surface area (Å²) in [5.41, 5.74) is 2.83. The number of fused-ring (bicyclic) bond motifs is 1. The van der Waals surface area contributed by atoms with E-state index in [1.54, 1.807) is 18.3 Å². The number of phenols is 1. The third kappa shape index (κ3) is 2.99. The molecule has 1 fully saturated rings. The van der Waals surface area contributed by atoms with Gasteiger partial charge >= 0.3 is 0 Å². The van der Waals surface area contributed by atoms with Gasteiger partial charge in [0, 0.05) is 25.3 Å². The second-order valence-corrected chi connectivity index (χ2v) is 6.28. The molecule has 0 atom stereocenters. The largest absolute Gasteiger partial charge is 0.508 e. The maximum absolute atomic E-state index is 12.6. The Kier molecular flexibility index (Phi) is 3.41. The van der Waals surface area contributed by atoms with Gasteiger partial charge in [-0.25, -0.2) is 4.98 Å². The Hall–Kier alpha value is -2.56. The number of pyridine rings is 1. The summed E-state index contributed by atoms with van der Waals surface area (Å²) in [6, 6.07) is 9.64. The second kappa shape index (κ2) is 5.57. The lowest BCUT2D eigenvalue weighted by molar-refractivity contribution is 0.0734. The molecule has 0 spiro atoms. The summed E-state index contributed by atoms with van der Waals surface area (Å²) in [7, 11) is 0. The molecule has 0 radical (unpaired) electrons. The SMILES string of the molecule is O=C(c1ccc(NC2CC2)nc1)N1CCc2ccc(O)cc2C1. The van der Waals surface area contributed by atoms with Crippen LogP contribution < -0.4 is 5.32 Å². The smallest absolute Gasteiger partial charge is 0.255 e. The molecule has 5 heteroatoms. The van der Waals surface area contributed by atoms with Gasteiger partial charge in [0.25, 0.3) is 5.91 Å². The third-order valence-electron chi connectivity index (χ3n) is 4.43. The van der Waals surface area contributed by atoms with E-state index in [1.807, 2.05) is 23.1 Å². The van der Waals surface area contributed by atoms with E-state index in [-0.39, 0.29) is 11.7 Å². The van der Waals surface area contributed by atoms with E-state index in [0.29, 0.717) is 24.7 Å². The molecule has 23 heavy (non-hydrogen) atoms. The van der Waals surface area contributed by atoms with Crippen molar-refractivity contribution in [3.05, 3.63) is 53.2 Å². The Morgan fingerprint density at radius 2 is 2.09 bits per heavy atom. The van der Waals surface area contributed by atoms with Crippen LogP contribution in [0.2, 0.25) is 0 Å². The first-order valence-electron chi connectivity index (χ1n) is 8.02. The third-order valence-corrected chi connectivity index (χ3v) is 4.43. The molecule has 1 aromatic heterocycles. The zero-order valence-corrected chi connectivity index (χ0v) is 12.8. The fourth-order valence-electron chi connectivity index (χ4n) is 2.94. The van der Waals surface area contributed by atoms with E-state index in [2.05, 4.69) is 10.3 Å². The molecule has 2 aliphatic rings.